The van der Waals surface area contributed by atoms with Crippen molar-refractivity contribution >= 4 is 80.9 Å². The first kappa shape index (κ1) is 36.7. The molecule has 0 amide bonds. The van der Waals surface area contributed by atoms with E-state index >= 15 is 0 Å². The maximum Gasteiger partial charge on any atom is 0.373 e. The second-order valence-corrected chi connectivity index (χ2v) is 10.1. The van der Waals surface area contributed by atoms with Gasteiger partial charge in [0.05, 0.1) is 34.1 Å². The van der Waals surface area contributed by atoms with E-state index in [2.05, 4.69) is 37.4 Å². The van der Waals surface area contributed by atoms with Crippen LogP contribution in [-0.2, 0) is 19.2 Å². The predicted octanol–water partition coefficient (Wildman–Crippen LogP) is 3.87. The highest BCUT2D eigenvalue weighted by Gasteiger charge is 2.26. The number of azide groups is 1. The van der Waals surface area contributed by atoms with Gasteiger partial charge in [0.2, 0.25) is 5.76 Å². The molecule has 22 heteroatoms. The van der Waals surface area contributed by atoms with Crippen LogP contribution in [0.15, 0.2) is 55.5 Å². The molecular formula is C29H23N7O14S. The zero-order valence-corrected chi connectivity index (χ0v) is 26.5. The summed E-state index contributed by atoms with van der Waals surface area (Å²) in [4.78, 5) is 70.1. The Morgan fingerprint density at radius 2 is 1.41 bits per heavy atom. The number of fused-ring (bicyclic) bond motifs is 1. The summed E-state index contributed by atoms with van der Waals surface area (Å²) >= 11 is 4.64. The number of carboxylic acid groups (broad SMARTS) is 5. The first-order valence-electron chi connectivity index (χ1n) is 14.0. The number of aromatic carboxylic acids is 1. The van der Waals surface area contributed by atoms with E-state index in [0.717, 1.165) is 16.0 Å². The molecule has 0 atom stereocenters. The van der Waals surface area contributed by atoms with E-state index in [9.17, 15) is 55.0 Å². The van der Waals surface area contributed by atoms with Gasteiger partial charge in [-0.3, -0.25) is 19.2 Å². The molecule has 0 aliphatic rings. The third-order valence-corrected chi connectivity index (χ3v) is 6.59. The van der Waals surface area contributed by atoms with Crippen molar-refractivity contribution in [1.82, 2.24) is 4.98 Å². The zero-order valence-electron chi connectivity index (χ0n) is 25.7. The number of carbonyl (C=O) groups is 5. The molecule has 0 aliphatic carbocycles. The van der Waals surface area contributed by atoms with Crippen LogP contribution in [0, 0.1) is 0 Å². The number of nitrogens with zero attached hydrogens (tertiary/aromatic N) is 7. The molecule has 2 aromatic heterocycles. The Morgan fingerprint density at radius 1 is 0.843 bits per heavy atom. The van der Waals surface area contributed by atoms with Gasteiger partial charge in [-0.15, -0.1) is 0 Å². The van der Waals surface area contributed by atoms with Gasteiger partial charge in [-0.05, 0) is 35.9 Å². The molecule has 0 fully saturated rings. The van der Waals surface area contributed by atoms with Crippen molar-refractivity contribution in [2.24, 2.45) is 10.1 Å². The quantitative estimate of drug-likeness (QED) is 0.0229. The second kappa shape index (κ2) is 16.3. The van der Waals surface area contributed by atoms with Crippen molar-refractivity contribution < 1.29 is 67.8 Å². The zero-order chi connectivity index (χ0) is 37.2. The molecule has 4 aromatic rings. The van der Waals surface area contributed by atoms with Crippen molar-refractivity contribution in [2.75, 3.05) is 49.2 Å². The summed E-state index contributed by atoms with van der Waals surface area (Å²) in [5.74, 6) is -8.31. The fraction of sp³-hybridized carbons (Fsp3) is 0.207. The number of aliphatic imine (C=N–C) groups is 1. The third kappa shape index (κ3) is 9.27. The summed E-state index contributed by atoms with van der Waals surface area (Å²) in [6.07, 6.45) is 0.886. The maximum atomic E-state index is 11.7. The standard InChI is InChI=1S/C29H23N7O14S/c30-34-33-26-15-6-20(48-4-3-47-19-5-14(32-13-51)1-2-16(19)35(9-22(37)38)10-23(39)40)17(36(11-24(41)42)12-25(43)44)7-18(15)49-27(26)28-31-8-21(50-28)29(45)46/h1-2,5-8H,3-4,9-12H2,(H,37,38)(H,39,40)(H,41,42)(H,43,44)(H,45,46). The van der Waals surface area contributed by atoms with Crippen LogP contribution in [0.4, 0.5) is 22.7 Å². The summed E-state index contributed by atoms with van der Waals surface area (Å²) in [5, 5.41) is 52.8. The van der Waals surface area contributed by atoms with Gasteiger partial charge in [0, 0.05) is 22.4 Å². The molecule has 264 valence electrons. The number of hydrogen-bond acceptors (Lipinski definition) is 15. The number of furan rings is 1. The minimum atomic E-state index is -1.45. The number of rotatable bonds is 19. The number of carboxylic acids is 5. The van der Waals surface area contributed by atoms with Crippen LogP contribution in [-0.4, -0.2) is 105 Å². The van der Waals surface area contributed by atoms with Crippen LogP contribution in [0.2, 0.25) is 0 Å². The summed E-state index contributed by atoms with van der Waals surface area (Å²) in [6, 6.07) is 6.61. The van der Waals surface area contributed by atoms with Crippen LogP contribution < -0.4 is 19.3 Å². The summed E-state index contributed by atoms with van der Waals surface area (Å²) in [6.45, 7) is -3.69. The lowest BCUT2D eigenvalue weighted by Crippen LogP contribution is -2.35. The Labute approximate surface area is 288 Å². The fourth-order valence-electron chi connectivity index (χ4n) is 4.64. The molecule has 4 rings (SSSR count). The SMILES string of the molecule is [N-]=[N+]=Nc1c(-c2ncc(C(=O)O)o2)oc2cc(N(CC(=O)O)CC(=O)O)c(OCCOc3cc(N=C=S)ccc3N(CC(=O)O)CC(=O)O)cc12. The number of oxazole rings is 1. The molecule has 0 spiro atoms. The van der Waals surface area contributed by atoms with Crippen LogP contribution in [0.3, 0.4) is 0 Å². The molecule has 2 aromatic carbocycles. The molecule has 0 aliphatic heterocycles. The minimum Gasteiger partial charge on any atom is -0.488 e. The van der Waals surface area contributed by atoms with Crippen molar-refractivity contribution in [3.63, 3.8) is 0 Å². The number of aliphatic carboxylic acids is 4. The number of thiocarbonyl (C=S) groups is 1. The lowest BCUT2D eigenvalue weighted by Gasteiger charge is -2.25. The van der Waals surface area contributed by atoms with E-state index in [1.807, 2.05) is 0 Å². The first-order chi connectivity index (χ1) is 24.3. The highest BCUT2D eigenvalue weighted by Crippen LogP contribution is 2.44. The highest BCUT2D eigenvalue weighted by molar-refractivity contribution is 7.78. The summed E-state index contributed by atoms with van der Waals surface area (Å²) < 4.78 is 22.7. The van der Waals surface area contributed by atoms with Gasteiger partial charge in [0.25, 0.3) is 5.89 Å². The van der Waals surface area contributed by atoms with E-state index < -0.39 is 61.8 Å². The number of aromatic nitrogens is 1. The van der Waals surface area contributed by atoms with Gasteiger partial charge >= 0.3 is 29.8 Å². The van der Waals surface area contributed by atoms with Crippen LogP contribution in [0.5, 0.6) is 11.5 Å². The largest absolute Gasteiger partial charge is 0.488 e. The van der Waals surface area contributed by atoms with Crippen molar-refractivity contribution in [3.05, 3.63) is 52.7 Å². The Hall–Kier alpha value is -7.15. The van der Waals surface area contributed by atoms with E-state index in [1.54, 1.807) is 0 Å². The third-order valence-electron chi connectivity index (χ3n) is 6.50. The fourth-order valence-corrected chi connectivity index (χ4v) is 4.75. The smallest absolute Gasteiger partial charge is 0.373 e. The van der Waals surface area contributed by atoms with E-state index in [-0.39, 0.29) is 70.1 Å². The topological polar surface area (TPSA) is 312 Å². The van der Waals surface area contributed by atoms with Gasteiger partial charge in [-0.1, -0.05) is 5.11 Å². The number of anilines is 2. The Bertz CT molecular complexity index is 2080. The van der Waals surface area contributed by atoms with Crippen molar-refractivity contribution in [2.45, 2.75) is 0 Å². The lowest BCUT2D eigenvalue weighted by molar-refractivity contribution is -0.138. The molecule has 21 nitrogen and oxygen atoms in total. The van der Waals surface area contributed by atoms with Gasteiger partial charge in [0.1, 0.15) is 56.5 Å². The highest BCUT2D eigenvalue weighted by atomic mass is 32.1. The molecule has 0 saturated carbocycles. The average Bonchev–Trinajstić information content (AvgIpc) is 3.67. The van der Waals surface area contributed by atoms with E-state index in [1.165, 1.54) is 30.3 Å². The monoisotopic (exact) mass is 725 g/mol. The van der Waals surface area contributed by atoms with Crippen LogP contribution in [0.25, 0.3) is 33.1 Å². The maximum absolute atomic E-state index is 11.7. The predicted molar refractivity (Wildman–Crippen MR) is 175 cm³/mol. The number of benzene rings is 2. The Balaban J connectivity index is 1.75. The lowest BCUT2D eigenvalue weighted by atomic mass is 10.1. The number of isothiocyanates is 1. The molecule has 5 N–H and O–H groups in total. The minimum absolute atomic E-state index is 0.0153. The van der Waals surface area contributed by atoms with E-state index in [0.29, 0.717) is 0 Å². The molecule has 0 bridgehead atoms. The molecule has 0 unspecified atom stereocenters. The van der Waals surface area contributed by atoms with Crippen molar-refractivity contribution in [1.29, 1.82) is 0 Å². The molecule has 0 radical (unpaired) electrons. The van der Waals surface area contributed by atoms with Gasteiger partial charge in [0.15, 0.2) is 5.76 Å². The number of hydrogen-bond donors (Lipinski definition) is 5. The van der Waals surface area contributed by atoms with Crippen LogP contribution in [0.1, 0.15) is 10.6 Å². The van der Waals surface area contributed by atoms with Gasteiger partial charge < -0.3 is 53.6 Å². The average molecular weight is 726 g/mol. The number of ether oxygens (including phenoxy) is 2. The molecular weight excluding hydrogens is 702 g/mol. The summed E-state index contributed by atoms with van der Waals surface area (Å²) in [7, 11) is 0. The molecule has 2 heterocycles. The van der Waals surface area contributed by atoms with Gasteiger partial charge in [-0.2, -0.15) is 4.99 Å². The summed E-state index contributed by atoms with van der Waals surface area (Å²) in [5.41, 5.74) is 9.16. The molecule has 0 saturated heterocycles. The van der Waals surface area contributed by atoms with Crippen molar-refractivity contribution in [3.8, 4) is 23.1 Å². The van der Waals surface area contributed by atoms with E-state index in [4.69, 9.17) is 18.3 Å². The Kier molecular flexibility index (Phi) is 11.7. The van der Waals surface area contributed by atoms with Gasteiger partial charge in [-0.25, -0.2) is 9.78 Å². The first-order valence-corrected chi connectivity index (χ1v) is 14.4. The Morgan fingerprint density at radius 3 is 1.92 bits per heavy atom. The molecule has 51 heavy (non-hydrogen) atoms. The normalized spacial score (nSPS) is 10.4. The van der Waals surface area contributed by atoms with Crippen LogP contribution >= 0.6 is 12.2 Å². The second-order valence-electron chi connectivity index (χ2n) is 9.96.